The van der Waals surface area contributed by atoms with Gasteiger partial charge in [0.25, 0.3) is 5.19 Å². The second-order valence-electron chi connectivity index (χ2n) is 3.60. The SMILES string of the molecule is CCc1nsc(Oc2ccc(OC)cc2C(=O)O)n1. The van der Waals surface area contributed by atoms with Gasteiger partial charge in [-0.25, -0.2) is 4.79 Å². The number of aryl methyl sites for hydroxylation is 1. The van der Waals surface area contributed by atoms with Crippen molar-refractivity contribution >= 4 is 17.5 Å². The number of hydrogen-bond donors (Lipinski definition) is 1. The Morgan fingerprint density at radius 2 is 2.26 bits per heavy atom. The van der Waals surface area contributed by atoms with Gasteiger partial charge in [0.1, 0.15) is 22.9 Å². The standard InChI is InChI=1S/C12H12N2O4S/c1-3-10-13-12(19-14-10)18-9-5-4-7(17-2)6-8(9)11(15)16/h4-6H,3H2,1-2H3,(H,15,16). The van der Waals surface area contributed by atoms with Gasteiger partial charge in [0.15, 0.2) is 0 Å². The van der Waals surface area contributed by atoms with Crippen molar-refractivity contribution in [3.8, 4) is 16.7 Å². The van der Waals surface area contributed by atoms with Crippen LogP contribution in [0.15, 0.2) is 18.2 Å². The summed E-state index contributed by atoms with van der Waals surface area (Å²) in [5.41, 5.74) is 0.0209. The van der Waals surface area contributed by atoms with Crippen molar-refractivity contribution in [1.82, 2.24) is 9.36 Å². The lowest BCUT2D eigenvalue weighted by atomic mass is 10.2. The molecular weight excluding hydrogens is 268 g/mol. The van der Waals surface area contributed by atoms with E-state index in [9.17, 15) is 4.79 Å². The Morgan fingerprint density at radius 1 is 1.47 bits per heavy atom. The second kappa shape index (κ2) is 5.66. The van der Waals surface area contributed by atoms with E-state index in [-0.39, 0.29) is 11.3 Å². The third kappa shape index (κ3) is 3.00. The number of hydrogen-bond acceptors (Lipinski definition) is 6. The minimum atomic E-state index is -1.09. The summed E-state index contributed by atoms with van der Waals surface area (Å²) in [5, 5.41) is 9.47. The van der Waals surface area contributed by atoms with Gasteiger partial charge in [-0.05, 0) is 18.2 Å². The van der Waals surface area contributed by atoms with E-state index < -0.39 is 5.97 Å². The van der Waals surface area contributed by atoms with Crippen LogP contribution in [0, 0.1) is 0 Å². The highest BCUT2D eigenvalue weighted by Crippen LogP contribution is 2.29. The van der Waals surface area contributed by atoms with Crippen molar-refractivity contribution in [3.05, 3.63) is 29.6 Å². The molecule has 2 rings (SSSR count). The Morgan fingerprint density at radius 3 is 2.84 bits per heavy atom. The molecule has 0 spiro atoms. The average molecular weight is 280 g/mol. The Hall–Kier alpha value is -2.15. The van der Waals surface area contributed by atoms with Gasteiger partial charge in [0.2, 0.25) is 0 Å². The van der Waals surface area contributed by atoms with Gasteiger partial charge >= 0.3 is 5.97 Å². The highest BCUT2D eigenvalue weighted by atomic mass is 32.1. The molecule has 0 atom stereocenters. The summed E-state index contributed by atoms with van der Waals surface area (Å²) in [6, 6.07) is 4.57. The zero-order chi connectivity index (χ0) is 13.8. The molecule has 0 fully saturated rings. The molecule has 0 aliphatic rings. The van der Waals surface area contributed by atoms with E-state index in [1.54, 1.807) is 6.07 Å². The van der Waals surface area contributed by atoms with Crippen LogP contribution in [0.5, 0.6) is 16.7 Å². The monoisotopic (exact) mass is 280 g/mol. The first kappa shape index (κ1) is 13.3. The number of aromatic carboxylic acids is 1. The molecule has 1 N–H and O–H groups in total. The van der Waals surface area contributed by atoms with Crippen molar-refractivity contribution in [2.24, 2.45) is 0 Å². The molecule has 100 valence electrons. The molecule has 0 radical (unpaired) electrons. The summed E-state index contributed by atoms with van der Waals surface area (Å²) in [6.07, 6.45) is 0.703. The minimum absolute atomic E-state index is 0.0209. The molecule has 0 saturated heterocycles. The average Bonchev–Trinajstić information content (AvgIpc) is 2.86. The number of rotatable bonds is 5. The van der Waals surface area contributed by atoms with Gasteiger partial charge in [-0.3, -0.25) is 0 Å². The zero-order valence-corrected chi connectivity index (χ0v) is 11.2. The highest BCUT2D eigenvalue weighted by molar-refractivity contribution is 7.07. The molecule has 0 saturated carbocycles. The summed E-state index contributed by atoms with van der Waals surface area (Å²) in [7, 11) is 1.47. The molecule has 19 heavy (non-hydrogen) atoms. The fourth-order valence-electron chi connectivity index (χ4n) is 1.41. The third-order valence-corrected chi connectivity index (χ3v) is 3.01. The van der Waals surface area contributed by atoms with E-state index >= 15 is 0 Å². The summed E-state index contributed by atoms with van der Waals surface area (Å²) >= 11 is 1.09. The molecule has 6 nitrogen and oxygen atoms in total. The number of carboxylic acid groups (broad SMARTS) is 1. The van der Waals surface area contributed by atoms with Crippen LogP contribution >= 0.6 is 11.5 Å². The van der Waals surface area contributed by atoms with E-state index in [0.29, 0.717) is 23.2 Å². The van der Waals surface area contributed by atoms with Crippen LogP contribution in [0.4, 0.5) is 0 Å². The lowest BCUT2D eigenvalue weighted by Crippen LogP contribution is -2.00. The van der Waals surface area contributed by atoms with Gasteiger partial charge < -0.3 is 14.6 Å². The molecule has 1 aromatic heterocycles. The van der Waals surface area contributed by atoms with Gasteiger partial charge in [-0.1, -0.05) is 6.92 Å². The van der Waals surface area contributed by atoms with Crippen LogP contribution in [0.2, 0.25) is 0 Å². The Balaban J connectivity index is 2.31. The molecule has 0 bridgehead atoms. The van der Waals surface area contributed by atoms with Gasteiger partial charge in [0, 0.05) is 18.0 Å². The van der Waals surface area contributed by atoms with Crippen LogP contribution in [-0.4, -0.2) is 27.5 Å². The smallest absolute Gasteiger partial charge is 0.339 e. The highest BCUT2D eigenvalue weighted by Gasteiger charge is 2.15. The number of carbonyl (C=O) groups is 1. The zero-order valence-electron chi connectivity index (χ0n) is 10.4. The minimum Gasteiger partial charge on any atom is -0.497 e. The lowest BCUT2D eigenvalue weighted by Gasteiger charge is -2.07. The summed E-state index contributed by atoms with van der Waals surface area (Å²) in [4.78, 5) is 15.3. The fourth-order valence-corrected chi connectivity index (χ4v) is 2.04. The van der Waals surface area contributed by atoms with Crippen LogP contribution in [0.25, 0.3) is 0 Å². The van der Waals surface area contributed by atoms with Crippen molar-refractivity contribution < 1.29 is 19.4 Å². The maximum absolute atomic E-state index is 11.2. The first-order valence-electron chi connectivity index (χ1n) is 5.55. The van der Waals surface area contributed by atoms with Crippen LogP contribution < -0.4 is 9.47 Å². The number of ether oxygens (including phenoxy) is 2. The predicted molar refractivity (Wildman–Crippen MR) is 69.3 cm³/mol. The van der Waals surface area contributed by atoms with Gasteiger partial charge in [-0.2, -0.15) is 9.36 Å². The van der Waals surface area contributed by atoms with Crippen LogP contribution in [-0.2, 0) is 6.42 Å². The number of carboxylic acids is 1. The Bertz CT molecular complexity index is 597. The Kier molecular flexibility index (Phi) is 3.96. The molecule has 0 aliphatic heterocycles. The van der Waals surface area contributed by atoms with E-state index in [2.05, 4.69) is 9.36 Å². The predicted octanol–water partition coefficient (Wildman–Crippen LogP) is 2.60. The number of aromatic nitrogens is 2. The largest absolute Gasteiger partial charge is 0.497 e. The molecular formula is C12H12N2O4S. The number of methoxy groups -OCH3 is 1. The Labute approximate surface area is 113 Å². The van der Waals surface area contributed by atoms with Crippen molar-refractivity contribution in [3.63, 3.8) is 0 Å². The molecule has 0 amide bonds. The summed E-state index contributed by atoms with van der Waals surface area (Å²) < 4.78 is 14.5. The maximum Gasteiger partial charge on any atom is 0.339 e. The second-order valence-corrected chi connectivity index (χ2v) is 4.31. The molecule has 1 aromatic carbocycles. The summed E-state index contributed by atoms with van der Waals surface area (Å²) in [6.45, 7) is 1.93. The molecule has 2 aromatic rings. The van der Waals surface area contributed by atoms with E-state index in [1.807, 2.05) is 6.92 Å². The first-order valence-corrected chi connectivity index (χ1v) is 6.33. The van der Waals surface area contributed by atoms with Crippen molar-refractivity contribution in [2.75, 3.05) is 7.11 Å². The maximum atomic E-state index is 11.2. The van der Waals surface area contributed by atoms with Crippen LogP contribution in [0.1, 0.15) is 23.1 Å². The number of benzene rings is 1. The lowest BCUT2D eigenvalue weighted by molar-refractivity contribution is 0.0693. The van der Waals surface area contributed by atoms with E-state index in [1.165, 1.54) is 19.2 Å². The number of nitrogens with zero attached hydrogens (tertiary/aromatic N) is 2. The normalized spacial score (nSPS) is 10.2. The van der Waals surface area contributed by atoms with Gasteiger partial charge in [0.05, 0.1) is 7.11 Å². The van der Waals surface area contributed by atoms with Crippen molar-refractivity contribution in [1.29, 1.82) is 0 Å². The van der Waals surface area contributed by atoms with Crippen molar-refractivity contribution in [2.45, 2.75) is 13.3 Å². The van der Waals surface area contributed by atoms with E-state index in [4.69, 9.17) is 14.6 Å². The first-order chi connectivity index (χ1) is 9.13. The molecule has 1 heterocycles. The van der Waals surface area contributed by atoms with E-state index in [0.717, 1.165) is 11.5 Å². The molecule has 0 unspecified atom stereocenters. The third-order valence-electron chi connectivity index (χ3n) is 2.38. The van der Waals surface area contributed by atoms with Crippen LogP contribution in [0.3, 0.4) is 0 Å². The molecule has 0 aliphatic carbocycles. The van der Waals surface area contributed by atoms with Gasteiger partial charge in [-0.15, -0.1) is 0 Å². The fraction of sp³-hybridized carbons (Fsp3) is 0.250. The topological polar surface area (TPSA) is 81.5 Å². The molecule has 7 heteroatoms. The quantitative estimate of drug-likeness (QED) is 0.906. The summed E-state index contributed by atoms with van der Waals surface area (Å²) in [5.74, 6) is 0.253.